The molecular weight excluding hydrogens is 461 g/mol. The van der Waals surface area contributed by atoms with E-state index in [0.717, 1.165) is 43.7 Å². The summed E-state index contributed by atoms with van der Waals surface area (Å²) in [5.74, 6) is -1.03. The van der Waals surface area contributed by atoms with Crippen LogP contribution in [0.25, 0.3) is 6.08 Å². The second-order valence-corrected chi connectivity index (χ2v) is 10.1. The molecule has 4 atom stereocenters. The highest BCUT2D eigenvalue weighted by Gasteiger charge is 2.51. The second-order valence-electron chi connectivity index (χ2n) is 10.1. The number of benzene rings is 1. The molecule has 2 aliphatic rings. The van der Waals surface area contributed by atoms with E-state index in [1.54, 1.807) is 6.07 Å². The van der Waals surface area contributed by atoms with Crippen LogP contribution in [0.5, 0.6) is 0 Å². The third kappa shape index (κ3) is 6.49. The van der Waals surface area contributed by atoms with E-state index in [4.69, 9.17) is 14.3 Å². The minimum Gasteiger partial charge on any atom is -0.478 e. The molecule has 2 aromatic rings. The zero-order valence-corrected chi connectivity index (χ0v) is 21.0. The fourth-order valence-electron chi connectivity index (χ4n) is 5.64. The van der Waals surface area contributed by atoms with E-state index in [9.17, 15) is 14.0 Å². The van der Waals surface area contributed by atoms with E-state index in [0.29, 0.717) is 30.0 Å². The van der Waals surface area contributed by atoms with Crippen molar-refractivity contribution in [1.29, 1.82) is 0 Å². The van der Waals surface area contributed by atoms with Gasteiger partial charge in [-0.3, -0.25) is 4.79 Å². The van der Waals surface area contributed by atoms with Gasteiger partial charge in [-0.2, -0.15) is 0 Å². The highest BCUT2D eigenvalue weighted by Crippen LogP contribution is 2.50. The first-order valence-corrected chi connectivity index (χ1v) is 13.3. The van der Waals surface area contributed by atoms with Gasteiger partial charge >= 0.3 is 5.97 Å². The molecule has 2 aliphatic heterocycles. The van der Waals surface area contributed by atoms with Gasteiger partial charge in [0.2, 0.25) is 5.89 Å². The summed E-state index contributed by atoms with van der Waals surface area (Å²) in [6, 6.07) is 4.38. The molecule has 0 radical (unpaired) electrons. The predicted octanol–water partition coefficient (Wildman–Crippen LogP) is 6.74. The van der Waals surface area contributed by atoms with Crippen molar-refractivity contribution in [2.24, 2.45) is 5.92 Å². The van der Waals surface area contributed by atoms with Gasteiger partial charge in [-0.05, 0) is 55.0 Å². The number of rotatable bonds is 14. The minimum atomic E-state index is -1.06. The molecule has 6 nitrogen and oxygen atoms in total. The van der Waals surface area contributed by atoms with E-state index in [1.165, 1.54) is 50.2 Å². The molecule has 0 spiro atoms. The lowest BCUT2D eigenvalue weighted by atomic mass is 9.75. The highest BCUT2D eigenvalue weighted by molar-refractivity contribution is 5.93. The Morgan fingerprint density at radius 1 is 1.11 bits per heavy atom. The van der Waals surface area contributed by atoms with Gasteiger partial charge in [0.25, 0.3) is 0 Å². The number of Topliss-reactive ketones (excluding diaryl/α,β-unsaturated/α-hetero) is 1. The maximum atomic E-state index is 14.1. The Morgan fingerprint density at radius 2 is 1.86 bits per heavy atom. The fourth-order valence-corrected chi connectivity index (χ4v) is 5.64. The smallest absolute Gasteiger partial charge is 0.328 e. The topological polar surface area (TPSA) is 89.6 Å². The van der Waals surface area contributed by atoms with Gasteiger partial charge in [0, 0.05) is 18.4 Å². The number of fused-ring (bicyclic) bond motifs is 2. The summed E-state index contributed by atoms with van der Waals surface area (Å²) in [6.45, 7) is 2.20. The third-order valence-corrected chi connectivity index (χ3v) is 7.49. The Kier molecular flexibility index (Phi) is 9.08. The van der Waals surface area contributed by atoms with Gasteiger partial charge in [-0.25, -0.2) is 14.2 Å². The van der Waals surface area contributed by atoms with E-state index < -0.39 is 5.97 Å². The number of aliphatic carboxylic acids is 1. The fraction of sp³-hybridized carbons (Fsp3) is 0.552. The molecule has 2 bridgehead atoms. The van der Waals surface area contributed by atoms with Gasteiger partial charge < -0.3 is 14.3 Å². The average molecular weight is 498 g/mol. The Morgan fingerprint density at radius 3 is 2.64 bits per heavy atom. The Labute approximate surface area is 211 Å². The molecule has 4 unspecified atom stereocenters. The van der Waals surface area contributed by atoms with Gasteiger partial charge in [-0.15, -0.1) is 0 Å². The van der Waals surface area contributed by atoms with Crippen molar-refractivity contribution in [3.05, 3.63) is 59.1 Å². The standard InChI is InChI=1S/C29H36FNO5/c1-2-3-4-5-6-7-8-9-24(32)23-18-35-29(31-23)28-22(25-13-14-26(28)36-25)17-20-16-21(30)12-10-19(20)11-15-27(33)34/h10-12,15-16,18,22,25-26,28H,2-9,13-14,17H2,1H3,(H,33,34)/b15-11+. The van der Waals surface area contributed by atoms with E-state index in [1.807, 2.05) is 0 Å². The van der Waals surface area contributed by atoms with E-state index >= 15 is 0 Å². The van der Waals surface area contributed by atoms with E-state index in [2.05, 4.69) is 11.9 Å². The lowest BCUT2D eigenvalue weighted by Gasteiger charge is -2.26. The molecule has 3 heterocycles. The maximum absolute atomic E-state index is 14.1. The first-order valence-electron chi connectivity index (χ1n) is 13.3. The Hall–Kier alpha value is -2.80. The lowest BCUT2D eigenvalue weighted by Crippen LogP contribution is -2.28. The maximum Gasteiger partial charge on any atom is 0.328 e. The molecular formula is C29H36FNO5. The molecule has 7 heteroatoms. The van der Waals surface area contributed by atoms with Crippen LogP contribution < -0.4 is 0 Å². The number of aromatic nitrogens is 1. The summed E-state index contributed by atoms with van der Waals surface area (Å²) in [6.07, 6.45) is 14.8. The number of carbonyl (C=O) groups excluding carboxylic acids is 1. The number of ketones is 1. The van der Waals surface area contributed by atoms with Crippen molar-refractivity contribution in [2.45, 2.75) is 95.7 Å². The number of hydrogen-bond donors (Lipinski definition) is 1. The normalized spacial score (nSPS) is 23.1. The first-order chi connectivity index (χ1) is 17.5. The molecule has 1 aromatic carbocycles. The Balaban J connectivity index is 1.42. The van der Waals surface area contributed by atoms with Crippen LogP contribution >= 0.6 is 0 Å². The van der Waals surface area contributed by atoms with Gasteiger partial charge in [0.1, 0.15) is 17.8 Å². The van der Waals surface area contributed by atoms with Crippen LogP contribution in [0, 0.1) is 11.7 Å². The van der Waals surface area contributed by atoms with Crippen molar-refractivity contribution < 1.29 is 28.2 Å². The molecule has 1 N–H and O–H groups in total. The van der Waals surface area contributed by atoms with Gasteiger partial charge in [0.05, 0.1) is 18.1 Å². The molecule has 36 heavy (non-hydrogen) atoms. The molecule has 2 saturated heterocycles. The molecule has 0 saturated carbocycles. The second kappa shape index (κ2) is 12.4. The molecule has 0 aliphatic carbocycles. The molecule has 4 rings (SSSR count). The summed E-state index contributed by atoms with van der Waals surface area (Å²) < 4.78 is 26.1. The van der Waals surface area contributed by atoms with Gasteiger partial charge in [0.15, 0.2) is 5.78 Å². The van der Waals surface area contributed by atoms with Crippen LogP contribution in [0.3, 0.4) is 0 Å². The summed E-state index contributed by atoms with van der Waals surface area (Å²) in [5, 5.41) is 9.01. The number of halogens is 1. The SMILES string of the molecule is CCCCCCCCCC(=O)c1coc(C2C3CCC(O3)C2Cc2cc(F)ccc2/C=C/C(=O)O)n1. The van der Waals surface area contributed by atoms with Crippen molar-refractivity contribution in [2.75, 3.05) is 0 Å². The molecule has 1 aromatic heterocycles. The van der Waals surface area contributed by atoms with Crippen LogP contribution in [0.15, 0.2) is 35.0 Å². The summed E-state index contributed by atoms with van der Waals surface area (Å²) in [5.41, 5.74) is 1.76. The summed E-state index contributed by atoms with van der Waals surface area (Å²) in [7, 11) is 0. The minimum absolute atomic E-state index is 0.00155. The quantitative estimate of drug-likeness (QED) is 0.177. The number of hydrogen-bond acceptors (Lipinski definition) is 5. The van der Waals surface area contributed by atoms with Crippen LogP contribution in [-0.4, -0.2) is 34.1 Å². The van der Waals surface area contributed by atoms with Crippen LogP contribution in [0.2, 0.25) is 0 Å². The van der Waals surface area contributed by atoms with Crippen molar-refractivity contribution in [1.82, 2.24) is 4.98 Å². The number of oxazole rings is 1. The number of ether oxygens (including phenoxy) is 1. The number of carbonyl (C=O) groups is 2. The molecule has 0 amide bonds. The lowest BCUT2D eigenvalue weighted by molar-refractivity contribution is -0.131. The van der Waals surface area contributed by atoms with E-state index in [-0.39, 0.29) is 35.6 Å². The molecule has 194 valence electrons. The number of unbranched alkanes of at least 4 members (excludes halogenated alkanes) is 6. The van der Waals surface area contributed by atoms with Crippen LogP contribution in [0.4, 0.5) is 4.39 Å². The van der Waals surface area contributed by atoms with Crippen LogP contribution in [-0.2, 0) is 16.0 Å². The highest BCUT2D eigenvalue weighted by atomic mass is 19.1. The van der Waals surface area contributed by atoms with Crippen molar-refractivity contribution >= 4 is 17.8 Å². The summed E-state index contributed by atoms with van der Waals surface area (Å²) in [4.78, 5) is 28.3. The summed E-state index contributed by atoms with van der Waals surface area (Å²) >= 11 is 0. The van der Waals surface area contributed by atoms with Crippen LogP contribution in [0.1, 0.15) is 105 Å². The number of carboxylic acid groups (broad SMARTS) is 1. The Bertz CT molecular complexity index is 1080. The zero-order chi connectivity index (χ0) is 25.5. The van der Waals surface area contributed by atoms with Crippen molar-refractivity contribution in [3.63, 3.8) is 0 Å². The van der Waals surface area contributed by atoms with Crippen molar-refractivity contribution in [3.8, 4) is 0 Å². The zero-order valence-electron chi connectivity index (χ0n) is 21.0. The largest absolute Gasteiger partial charge is 0.478 e. The molecule has 2 fully saturated rings. The van der Waals surface area contributed by atoms with Gasteiger partial charge in [-0.1, -0.05) is 51.5 Å². The number of nitrogens with zero attached hydrogens (tertiary/aromatic N) is 1. The number of carboxylic acids is 1. The average Bonchev–Trinajstić information content (AvgIpc) is 3.59. The third-order valence-electron chi connectivity index (χ3n) is 7.49. The monoisotopic (exact) mass is 497 g/mol. The predicted molar refractivity (Wildman–Crippen MR) is 134 cm³/mol. The first kappa shape index (κ1) is 26.3.